The van der Waals surface area contributed by atoms with Crippen LogP contribution in [0.4, 0.5) is 5.69 Å². The molecule has 0 amide bonds. The van der Waals surface area contributed by atoms with Crippen LogP contribution < -0.4 is 10.3 Å². The Labute approximate surface area is 137 Å². The second kappa shape index (κ2) is 8.33. The maximum atomic E-state index is 11.5. The van der Waals surface area contributed by atoms with Gasteiger partial charge in [0, 0.05) is 23.6 Å². The van der Waals surface area contributed by atoms with Crippen molar-refractivity contribution < 1.29 is 9.66 Å². The largest absolute Gasteiger partial charge is 0.486 e. The van der Waals surface area contributed by atoms with E-state index in [0.717, 1.165) is 18.5 Å². The monoisotopic (exact) mass is 335 g/mol. The van der Waals surface area contributed by atoms with E-state index in [9.17, 15) is 14.9 Å². The number of aromatic amines is 1. The zero-order valence-corrected chi connectivity index (χ0v) is 13.5. The summed E-state index contributed by atoms with van der Waals surface area (Å²) in [5.41, 5.74) is 0.526. The highest BCUT2D eigenvalue weighted by Gasteiger charge is 2.13. The van der Waals surface area contributed by atoms with Gasteiger partial charge in [0.15, 0.2) is 10.9 Å². The van der Waals surface area contributed by atoms with Crippen LogP contribution in [0.2, 0.25) is 0 Å². The van der Waals surface area contributed by atoms with Gasteiger partial charge in [0.2, 0.25) is 0 Å². The van der Waals surface area contributed by atoms with Crippen LogP contribution in [0.1, 0.15) is 19.0 Å². The van der Waals surface area contributed by atoms with Crippen molar-refractivity contribution in [3.8, 4) is 5.75 Å². The van der Waals surface area contributed by atoms with E-state index in [1.54, 1.807) is 18.2 Å². The van der Waals surface area contributed by atoms with Crippen LogP contribution >= 0.6 is 11.8 Å². The minimum absolute atomic E-state index is 0.0611. The summed E-state index contributed by atoms with van der Waals surface area (Å²) >= 11 is 1.35. The zero-order chi connectivity index (χ0) is 16.7. The predicted molar refractivity (Wildman–Crippen MR) is 88.2 cm³/mol. The number of benzene rings is 1. The molecule has 0 aliphatic carbocycles. The molecule has 0 saturated carbocycles. The first-order valence-corrected chi connectivity index (χ1v) is 8.18. The first-order chi connectivity index (χ1) is 11.1. The van der Waals surface area contributed by atoms with Gasteiger partial charge in [-0.25, -0.2) is 4.98 Å². The van der Waals surface area contributed by atoms with Crippen molar-refractivity contribution in [3.63, 3.8) is 0 Å². The third-order valence-corrected chi connectivity index (χ3v) is 3.76. The van der Waals surface area contributed by atoms with E-state index in [2.05, 4.69) is 9.97 Å². The van der Waals surface area contributed by atoms with Gasteiger partial charge in [-0.05, 0) is 12.5 Å². The van der Waals surface area contributed by atoms with Crippen LogP contribution in [-0.4, -0.2) is 27.3 Å². The molecule has 0 radical (unpaired) electrons. The minimum atomic E-state index is -0.476. The number of hydrogen-bond donors (Lipinski definition) is 1. The summed E-state index contributed by atoms with van der Waals surface area (Å²) in [6.45, 7) is 2.30. The summed E-state index contributed by atoms with van der Waals surface area (Å²) in [5, 5.41) is 11.4. The highest BCUT2D eigenvalue weighted by Crippen LogP contribution is 2.26. The summed E-state index contributed by atoms with van der Waals surface area (Å²) in [6, 6.07) is 7.73. The lowest BCUT2D eigenvalue weighted by Crippen LogP contribution is -2.11. The van der Waals surface area contributed by atoms with Crippen molar-refractivity contribution in [2.45, 2.75) is 24.9 Å². The summed E-state index contributed by atoms with van der Waals surface area (Å²) in [4.78, 5) is 29.0. The molecule has 1 N–H and O–H groups in total. The maximum Gasteiger partial charge on any atom is 0.310 e. The third-order valence-electron chi connectivity index (χ3n) is 2.92. The highest BCUT2D eigenvalue weighted by atomic mass is 32.2. The van der Waals surface area contributed by atoms with Crippen LogP contribution in [0.25, 0.3) is 0 Å². The van der Waals surface area contributed by atoms with Gasteiger partial charge in [-0.2, -0.15) is 0 Å². The Kier molecular flexibility index (Phi) is 6.16. The van der Waals surface area contributed by atoms with Crippen molar-refractivity contribution in [2.75, 3.05) is 12.4 Å². The number of thioether (sulfide) groups is 1. The molecule has 122 valence electrons. The molecule has 0 fully saturated rings. The second-order valence-electron chi connectivity index (χ2n) is 4.71. The number of nitro groups is 1. The predicted octanol–water partition coefficient (Wildman–Crippen LogP) is 2.80. The molecule has 0 bridgehead atoms. The Hall–Kier alpha value is -2.35. The number of H-pyrrole nitrogens is 1. The van der Waals surface area contributed by atoms with E-state index in [1.165, 1.54) is 23.9 Å². The van der Waals surface area contributed by atoms with Crippen LogP contribution in [0.5, 0.6) is 5.75 Å². The number of aryl methyl sites for hydroxylation is 1. The SMILES string of the molecule is CCCc1cc(=O)[nH]c(SCCOc2ccccc2[N+](=O)[O-])n1. The van der Waals surface area contributed by atoms with Gasteiger partial charge >= 0.3 is 5.69 Å². The lowest BCUT2D eigenvalue weighted by Gasteiger charge is -2.06. The van der Waals surface area contributed by atoms with Crippen molar-refractivity contribution in [2.24, 2.45) is 0 Å². The first kappa shape index (κ1) is 17.0. The molecule has 0 unspecified atom stereocenters. The summed E-state index contributed by atoms with van der Waals surface area (Å²) in [5.74, 6) is 0.754. The molecule has 2 rings (SSSR count). The first-order valence-electron chi connectivity index (χ1n) is 7.19. The number of nitrogens with zero attached hydrogens (tertiary/aromatic N) is 2. The van der Waals surface area contributed by atoms with Gasteiger partial charge in [-0.15, -0.1) is 0 Å². The molecule has 1 aromatic heterocycles. The van der Waals surface area contributed by atoms with Crippen LogP contribution in [0.3, 0.4) is 0 Å². The van der Waals surface area contributed by atoms with Crippen LogP contribution in [0, 0.1) is 10.1 Å². The standard InChI is InChI=1S/C15H17N3O4S/c1-2-5-11-10-14(19)17-15(16-11)23-9-8-22-13-7-4-3-6-12(13)18(20)21/h3-4,6-7,10H,2,5,8-9H2,1H3,(H,16,17,19). The molecule has 23 heavy (non-hydrogen) atoms. The molecular formula is C15H17N3O4S. The fourth-order valence-electron chi connectivity index (χ4n) is 1.96. The Morgan fingerprint density at radius 2 is 2.17 bits per heavy atom. The average molecular weight is 335 g/mol. The second-order valence-corrected chi connectivity index (χ2v) is 5.80. The summed E-state index contributed by atoms with van der Waals surface area (Å²) in [6.07, 6.45) is 1.67. The van der Waals surface area contributed by atoms with Gasteiger partial charge < -0.3 is 9.72 Å². The Morgan fingerprint density at radius 1 is 1.39 bits per heavy atom. The summed E-state index contributed by atoms with van der Waals surface area (Å²) in [7, 11) is 0. The molecule has 7 nitrogen and oxygen atoms in total. The quantitative estimate of drug-likeness (QED) is 0.262. The Bertz CT molecular complexity index is 733. The van der Waals surface area contributed by atoms with E-state index in [-0.39, 0.29) is 23.6 Å². The number of para-hydroxylation sites is 2. The van der Waals surface area contributed by atoms with Gasteiger partial charge in [-0.3, -0.25) is 14.9 Å². The van der Waals surface area contributed by atoms with Gasteiger partial charge in [0.1, 0.15) is 0 Å². The van der Waals surface area contributed by atoms with E-state index in [4.69, 9.17) is 4.74 Å². The molecule has 0 atom stereocenters. The molecule has 2 aromatic rings. The lowest BCUT2D eigenvalue weighted by atomic mass is 10.2. The molecule has 1 aromatic carbocycles. The number of rotatable bonds is 8. The molecular weight excluding hydrogens is 318 g/mol. The lowest BCUT2D eigenvalue weighted by molar-refractivity contribution is -0.385. The van der Waals surface area contributed by atoms with Crippen LogP contribution in [0.15, 0.2) is 40.3 Å². The molecule has 8 heteroatoms. The van der Waals surface area contributed by atoms with E-state index < -0.39 is 4.92 Å². The molecule has 1 heterocycles. The van der Waals surface area contributed by atoms with Gasteiger partial charge in [-0.1, -0.05) is 37.2 Å². The maximum absolute atomic E-state index is 11.5. The van der Waals surface area contributed by atoms with Gasteiger partial charge in [0.25, 0.3) is 5.56 Å². The topological polar surface area (TPSA) is 98.1 Å². The van der Waals surface area contributed by atoms with Crippen molar-refractivity contribution in [1.29, 1.82) is 0 Å². The summed E-state index contributed by atoms with van der Waals surface area (Å²) < 4.78 is 5.45. The number of hydrogen-bond acceptors (Lipinski definition) is 6. The van der Waals surface area contributed by atoms with E-state index in [1.807, 2.05) is 6.92 Å². The fourth-order valence-corrected chi connectivity index (χ4v) is 2.67. The van der Waals surface area contributed by atoms with E-state index in [0.29, 0.717) is 10.9 Å². The van der Waals surface area contributed by atoms with Crippen molar-refractivity contribution in [1.82, 2.24) is 9.97 Å². The normalized spacial score (nSPS) is 10.5. The average Bonchev–Trinajstić information content (AvgIpc) is 2.51. The van der Waals surface area contributed by atoms with Crippen molar-refractivity contribution >= 4 is 17.4 Å². The fraction of sp³-hybridized carbons (Fsp3) is 0.333. The van der Waals surface area contributed by atoms with Crippen LogP contribution in [-0.2, 0) is 6.42 Å². The Morgan fingerprint density at radius 3 is 2.91 bits per heavy atom. The molecule has 0 aliphatic rings. The van der Waals surface area contributed by atoms with E-state index >= 15 is 0 Å². The zero-order valence-electron chi connectivity index (χ0n) is 12.7. The van der Waals surface area contributed by atoms with Gasteiger partial charge in [0.05, 0.1) is 11.5 Å². The Balaban J connectivity index is 1.91. The highest BCUT2D eigenvalue weighted by molar-refractivity contribution is 7.99. The third kappa shape index (κ3) is 5.10. The molecule has 0 spiro atoms. The number of nitro benzene ring substituents is 1. The number of ether oxygens (including phenoxy) is 1. The molecule has 0 aliphatic heterocycles. The molecule has 0 saturated heterocycles. The number of aromatic nitrogens is 2. The smallest absolute Gasteiger partial charge is 0.310 e. The minimum Gasteiger partial charge on any atom is -0.486 e. The van der Waals surface area contributed by atoms with Crippen molar-refractivity contribution in [3.05, 3.63) is 56.5 Å². The number of nitrogens with one attached hydrogen (secondary N) is 1.